The average Bonchev–Trinajstić information content (AvgIpc) is 2.55. The highest BCUT2D eigenvalue weighted by Gasteiger charge is 2.23. The second-order valence-electron chi connectivity index (χ2n) is 6.76. The Balaban J connectivity index is 1.60. The van der Waals surface area contributed by atoms with Crippen molar-refractivity contribution in [3.05, 3.63) is 0 Å². The molecule has 0 aromatic heterocycles. The zero-order valence-electron chi connectivity index (χ0n) is 15.2. The third-order valence-electron chi connectivity index (χ3n) is 4.54. The number of ether oxygens (including phenoxy) is 5. The average molecular weight is 358 g/mol. The van der Waals surface area contributed by atoms with Crippen molar-refractivity contribution >= 4 is 12.3 Å². The molecule has 25 heavy (non-hydrogen) atoms. The van der Waals surface area contributed by atoms with Crippen LogP contribution in [0.1, 0.15) is 78.1 Å². The molecule has 0 unspecified atom stereocenters. The van der Waals surface area contributed by atoms with Crippen LogP contribution in [0.3, 0.4) is 0 Å². The molecule has 2 saturated carbocycles. The van der Waals surface area contributed by atoms with Crippen molar-refractivity contribution in [2.75, 3.05) is 0 Å². The summed E-state index contributed by atoms with van der Waals surface area (Å²) in [7, 11) is 0. The van der Waals surface area contributed by atoms with Gasteiger partial charge in [-0.15, -0.1) is 0 Å². The molecular formula is C18H30O7. The largest absolute Gasteiger partial charge is 0.510 e. The Morgan fingerprint density at radius 1 is 0.680 bits per heavy atom. The maximum Gasteiger partial charge on any atom is 0.510 e. The van der Waals surface area contributed by atoms with Gasteiger partial charge < -0.3 is 23.7 Å². The summed E-state index contributed by atoms with van der Waals surface area (Å²) in [5.74, 6) is 0. The van der Waals surface area contributed by atoms with E-state index < -0.39 is 24.9 Å². The van der Waals surface area contributed by atoms with Crippen molar-refractivity contribution < 1.29 is 33.3 Å². The van der Waals surface area contributed by atoms with Crippen molar-refractivity contribution in [3.63, 3.8) is 0 Å². The SMILES string of the molecule is C[C@@H](OC(=O)OC1CCCCC1)O[C@@H](C)OC(=O)OC1CCCCC1. The first kappa shape index (κ1) is 19.8. The van der Waals surface area contributed by atoms with Gasteiger partial charge in [0.05, 0.1) is 0 Å². The Labute approximate surface area is 149 Å². The summed E-state index contributed by atoms with van der Waals surface area (Å²) in [6.45, 7) is 3.10. The molecule has 0 aliphatic heterocycles. The molecule has 7 heteroatoms. The number of hydrogen-bond acceptors (Lipinski definition) is 7. The van der Waals surface area contributed by atoms with Crippen molar-refractivity contribution in [2.24, 2.45) is 0 Å². The Hall–Kier alpha value is -1.50. The smallest absolute Gasteiger partial charge is 0.431 e. The quantitative estimate of drug-likeness (QED) is 0.504. The first-order valence-corrected chi connectivity index (χ1v) is 9.43. The van der Waals surface area contributed by atoms with Gasteiger partial charge in [0.2, 0.25) is 12.6 Å². The van der Waals surface area contributed by atoms with E-state index in [-0.39, 0.29) is 12.2 Å². The number of hydrogen-bond donors (Lipinski definition) is 0. The van der Waals surface area contributed by atoms with Crippen LogP contribution in [0, 0.1) is 0 Å². The molecule has 0 saturated heterocycles. The fourth-order valence-corrected chi connectivity index (χ4v) is 3.29. The lowest BCUT2D eigenvalue weighted by Crippen LogP contribution is -2.30. The van der Waals surface area contributed by atoms with E-state index in [1.807, 2.05) is 0 Å². The van der Waals surface area contributed by atoms with Crippen molar-refractivity contribution in [1.29, 1.82) is 0 Å². The normalized spacial score (nSPS) is 21.8. The minimum absolute atomic E-state index is 0.0763. The zero-order chi connectivity index (χ0) is 18.1. The highest BCUT2D eigenvalue weighted by atomic mass is 16.8. The topological polar surface area (TPSA) is 80.3 Å². The van der Waals surface area contributed by atoms with E-state index in [1.165, 1.54) is 12.8 Å². The summed E-state index contributed by atoms with van der Waals surface area (Å²) >= 11 is 0. The van der Waals surface area contributed by atoms with Crippen LogP contribution < -0.4 is 0 Å². The maximum atomic E-state index is 11.7. The molecule has 2 atom stereocenters. The molecule has 0 amide bonds. The Morgan fingerprint density at radius 3 is 1.40 bits per heavy atom. The highest BCUT2D eigenvalue weighted by molar-refractivity contribution is 5.60. The highest BCUT2D eigenvalue weighted by Crippen LogP contribution is 2.22. The number of rotatable bonds is 6. The molecule has 144 valence electrons. The monoisotopic (exact) mass is 358 g/mol. The number of carbonyl (C=O) groups is 2. The lowest BCUT2D eigenvalue weighted by Gasteiger charge is -2.24. The molecule has 2 fully saturated rings. The first-order valence-electron chi connectivity index (χ1n) is 9.43. The van der Waals surface area contributed by atoms with Crippen LogP contribution in [0.5, 0.6) is 0 Å². The molecule has 0 radical (unpaired) electrons. The van der Waals surface area contributed by atoms with Gasteiger partial charge in [-0.05, 0) is 65.2 Å². The first-order chi connectivity index (χ1) is 12.0. The van der Waals surface area contributed by atoms with Crippen LogP contribution in [0.2, 0.25) is 0 Å². The van der Waals surface area contributed by atoms with Gasteiger partial charge in [-0.2, -0.15) is 0 Å². The fourth-order valence-electron chi connectivity index (χ4n) is 3.29. The molecule has 0 heterocycles. The minimum atomic E-state index is -0.881. The van der Waals surface area contributed by atoms with E-state index in [0.717, 1.165) is 51.4 Å². The summed E-state index contributed by atoms with van der Waals surface area (Å²) in [4.78, 5) is 23.5. The fraction of sp³-hybridized carbons (Fsp3) is 0.889. The molecule has 0 N–H and O–H groups in total. The number of carbonyl (C=O) groups excluding carboxylic acids is 2. The molecular weight excluding hydrogens is 328 g/mol. The van der Waals surface area contributed by atoms with Crippen molar-refractivity contribution in [2.45, 2.75) is 103 Å². The standard InChI is InChI=1S/C18H30O7/c1-13(22-17(19)24-15-9-5-3-6-10-15)21-14(2)23-18(20)25-16-11-7-4-8-12-16/h13-16H,3-12H2,1-2H3/t13-,14-/m1/s1. The van der Waals surface area contributed by atoms with Crippen LogP contribution >= 0.6 is 0 Å². The predicted molar refractivity (Wildman–Crippen MR) is 88.9 cm³/mol. The van der Waals surface area contributed by atoms with E-state index in [0.29, 0.717) is 0 Å². The Bertz CT molecular complexity index is 376. The van der Waals surface area contributed by atoms with Crippen molar-refractivity contribution in [1.82, 2.24) is 0 Å². The molecule has 7 nitrogen and oxygen atoms in total. The third kappa shape index (κ3) is 7.94. The molecule has 0 bridgehead atoms. The van der Waals surface area contributed by atoms with Crippen LogP contribution in [0.15, 0.2) is 0 Å². The van der Waals surface area contributed by atoms with Gasteiger partial charge >= 0.3 is 12.3 Å². The third-order valence-corrected chi connectivity index (χ3v) is 4.54. The summed E-state index contributed by atoms with van der Waals surface area (Å²) in [5.41, 5.74) is 0. The van der Waals surface area contributed by atoms with E-state index in [2.05, 4.69) is 0 Å². The predicted octanol–water partition coefficient (Wildman–Crippen LogP) is 4.67. The Morgan fingerprint density at radius 2 is 1.04 bits per heavy atom. The van der Waals surface area contributed by atoms with E-state index in [1.54, 1.807) is 13.8 Å². The van der Waals surface area contributed by atoms with Gasteiger partial charge in [0.25, 0.3) is 0 Å². The van der Waals surface area contributed by atoms with Crippen molar-refractivity contribution in [3.8, 4) is 0 Å². The Kier molecular flexibility index (Phi) is 8.31. The maximum absolute atomic E-state index is 11.7. The summed E-state index contributed by atoms with van der Waals surface area (Å²) < 4.78 is 25.9. The van der Waals surface area contributed by atoms with E-state index in [9.17, 15) is 9.59 Å². The molecule has 2 aliphatic rings. The summed E-state index contributed by atoms with van der Waals surface area (Å²) in [6.07, 6.45) is 6.70. The zero-order valence-corrected chi connectivity index (χ0v) is 15.2. The van der Waals surface area contributed by atoms with E-state index in [4.69, 9.17) is 23.7 Å². The lowest BCUT2D eigenvalue weighted by atomic mass is 9.98. The van der Waals surface area contributed by atoms with Gasteiger partial charge in [0, 0.05) is 0 Å². The van der Waals surface area contributed by atoms with Gasteiger partial charge in [-0.25, -0.2) is 9.59 Å². The molecule has 2 rings (SSSR count). The van der Waals surface area contributed by atoms with Gasteiger partial charge in [0.15, 0.2) is 0 Å². The van der Waals surface area contributed by atoms with Gasteiger partial charge in [-0.1, -0.05) is 12.8 Å². The molecule has 2 aliphatic carbocycles. The van der Waals surface area contributed by atoms with Crippen LogP contribution in [0.25, 0.3) is 0 Å². The summed E-state index contributed by atoms with van der Waals surface area (Å²) in [6, 6.07) is 0. The van der Waals surface area contributed by atoms with Crippen LogP contribution in [-0.2, 0) is 23.7 Å². The second kappa shape index (κ2) is 10.5. The van der Waals surface area contributed by atoms with Crippen LogP contribution in [0.4, 0.5) is 9.59 Å². The van der Waals surface area contributed by atoms with Crippen LogP contribution in [-0.4, -0.2) is 37.1 Å². The van der Waals surface area contributed by atoms with Gasteiger partial charge in [0.1, 0.15) is 12.2 Å². The van der Waals surface area contributed by atoms with Gasteiger partial charge in [-0.3, -0.25) is 0 Å². The molecule has 0 spiro atoms. The molecule has 0 aromatic rings. The molecule has 0 aromatic carbocycles. The van der Waals surface area contributed by atoms with E-state index >= 15 is 0 Å². The second-order valence-corrected chi connectivity index (χ2v) is 6.76. The summed E-state index contributed by atoms with van der Waals surface area (Å²) in [5, 5.41) is 0. The lowest BCUT2D eigenvalue weighted by molar-refractivity contribution is -0.207. The minimum Gasteiger partial charge on any atom is -0.431 e.